The van der Waals surface area contributed by atoms with Gasteiger partial charge >= 0.3 is 5.97 Å². The second kappa shape index (κ2) is 19.3. The summed E-state index contributed by atoms with van der Waals surface area (Å²) in [6, 6.07) is 40.2. The van der Waals surface area contributed by atoms with Crippen molar-refractivity contribution in [2.24, 2.45) is 11.4 Å². The third kappa shape index (κ3) is 11.3. The SMILES string of the molecule is CCC(C)Cc1ccc(-c2ccc(OC(=O)c3ccc(OCOc4ccc(-c5ccc(C#N)cc5)cc4)cc3)cc2)cc1.CCPPN. The Balaban J connectivity index is 0.000000968. The molecule has 0 aliphatic heterocycles. The van der Waals surface area contributed by atoms with Crippen molar-refractivity contribution < 1.29 is 19.0 Å². The van der Waals surface area contributed by atoms with E-state index in [1.54, 1.807) is 36.4 Å². The smallest absolute Gasteiger partial charge is 0.343 e. The zero-order valence-corrected chi connectivity index (χ0v) is 29.6. The van der Waals surface area contributed by atoms with Crippen LogP contribution in [0.25, 0.3) is 22.3 Å². The van der Waals surface area contributed by atoms with Crippen LogP contribution in [0.3, 0.4) is 0 Å². The van der Waals surface area contributed by atoms with E-state index in [-0.39, 0.29) is 6.79 Å². The van der Waals surface area contributed by atoms with Gasteiger partial charge < -0.3 is 19.7 Å². The van der Waals surface area contributed by atoms with Crippen LogP contribution in [0.15, 0.2) is 121 Å². The first-order valence-corrected chi connectivity index (χ1v) is 19.3. The zero-order valence-electron chi connectivity index (χ0n) is 27.6. The molecule has 0 saturated heterocycles. The number of nitriles is 1. The van der Waals surface area contributed by atoms with Crippen LogP contribution in [0.5, 0.6) is 17.2 Å². The molecule has 0 bridgehead atoms. The number of esters is 1. The third-order valence-electron chi connectivity index (χ3n) is 7.65. The lowest BCUT2D eigenvalue weighted by Gasteiger charge is -2.10. The Labute approximate surface area is 287 Å². The highest BCUT2D eigenvalue weighted by Gasteiger charge is 2.10. The highest BCUT2D eigenvalue weighted by molar-refractivity contribution is 8.10. The first-order valence-electron chi connectivity index (χ1n) is 16.0. The zero-order chi connectivity index (χ0) is 34.1. The number of ether oxygens (including phenoxy) is 3. The van der Waals surface area contributed by atoms with Crippen molar-refractivity contribution in [1.29, 1.82) is 5.26 Å². The van der Waals surface area contributed by atoms with Gasteiger partial charge in [-0.2, -0.15) is 5.26 Å². The number of hydrogen-bond donors (Lipinski definition) is 1. The predicted molar refractivity (Wildman–Crippen MR) is 201 cm³/mol. The molecule has 6 nitrogen and oxygen atoms in total. The fourth-order valence-electron chi connectivity index (χ4n) is 4.70. The van der Waals surface area contributed by atoms with Crippen molar-refractivity contribution >= 4 is 22.7 Å². The summed E-state index contributed by atoms with van der Waals surface area (Å²) in [6.07, 6.45) is 3.52. The largest absolute Gasteiger partial charge is 0.458 e. The van der Waals surface area contributed by atoms with Gasteiger partial charge in [0.25, 0.3) is 0 Å². The van der Waals surface area contributed by atoms with Gasteiger partial charge in [-0.05, 0) is 115 Å². The molecule has 246 valence electrons. The van der Waals surface area contributed by atoms with E-state index in [0.29, 0.717) is 42.7 Å². The summed E-state index contributed by atoms with van der Waals surface area (Å²) < 4.78 is 17.0. The first-order chi connectivity index (χ1) is 23.4. The Morgan fingerprint density at radius 2 is 1.17 bits per heavy atom. The molecular weight excluding hydrogens is 634 g/mol. The summed E-state index contributed by atoms with van der Waals surface area (Å²) in [5.74, 6) is 1.97. The molecule has 3 unspecified atom stereocenters. The molecule has 0 saturated carbocycles. The van der Waals surface area contributed by atoms with E-state index >= 15 is 0 Å². The monoisotopic (exact) mass is 676 g/mol. The Bertz CT molecular complexity index is 1730. The average Bonchev–Trinajstić information content (AvgIpc) is 3.13. The van der Waals surface area contributed by atoms with Crippen molar-refractivity contribution in [2.75, 3.05) is 13.0 Å². The topological polar surface area (TPSA) is 94.6 Å². The lowest BCUT2D eigenvalue weighted by molar-refractivity contribution is 0.0734. The van der Waals surface area contributed by atoms with Crippen LogP contribution in [0, 0.1) is 17.2 Å². The van der Waals surface area contributed by atoms with Gasteiger partial charge in [-0.1, -0.05) is 96.1 Å². The van der Waals surface area contributed by atoms with Crippen LogP contribution >= 0.6 is 16.7 Å². The minimum atomic E-state index is -0.438. The molecule has 0 amide bonds. The molecular formula is C40H42N2O4P2. The average molecular weight is 677 g/mol. The summed E-state index contributed by atoms with van der Waals surface area (Å²) in [7, 11) is 1.69. The van der Waals surface area contributed by atoms with Crippen molar-refractivity contribution in [3.63, 3.8) is 0 Å². The van der Waals surface area contributed by atoms with Crippen LogP contribution in [-0.2, 0) is 6.42 Å². The standard InChI is InChI=1S/C38H33NO4.C2H9NP2/c1-3-27(2)24-28-4-8-30(9-5-28)33-14-22-37(23-15-33)43-38(40)34-16-20-36(21-17-34)42-26-41-35-18-12-32(13-19-35)31-10-6-29(25-39)7-11-31;1-2-4-5-3/h4-23,27H,3,24,26H2,1-2H3;4-5H,2-3H2,1H3. The summed E-state index contributed by atoms with van der Waals surface area (Å²) in [6.45, 7) is 6.66. The van der Waals surface area contributed by atoms with Gasteiger partial charge in [0.2, 0.25) is 6.79 Å². The van der Waals surface area contributed by atoms with Crippen LogP contribution in [0.2, 0.25) is 0 Å². The molecule has 0 fully saturated rings. The number of hydrogen-bond acceptors (Lipinski definition) is 6. The number of carbonyl (C=O) groups excluding carboxylic acids is 1. The minimum absolute atomic E-state index is 0.0208. The number of carbonyl (C=O) groups is 1. The van der Waals surface area contributed by atoms with E-state index in [4.69, 9.17) is 25.0 Å². The van der Waals surface area contributed by atoms with Crippen LogP contribution < -0.4 is 19.7 Å². The molecule has 0 radical (unpaired) electrons. The maximum absolute atomic E-state index is 12.7. The molecule has 2 N–H and O–H groups in total. The lowest BCUT2D eigenvalue weighted by atomic mass is 9.97. The summed E-state index contributed by atoms with van der Waals surface area (Å²) >= 11 is 0. The normalized spacial score (nSPS) is 11.5. The van der Waals surface area contributed by atoms with Gasteiger partial charge in [0, 0.05) is 0 Å². The molecule has 0 aromatic heterocycles. The van der Waals surface area contributed by atoms with Crippen molar-refractivity contribution in [2.45, 2.75) is 33.6 Å². The maximum atomic E-state index is 12.7. The van der Waals surface area contributed by atoms with Crippen LogP contribution in [0.4, 0.5) is 0 Å². The van der Waals surface area contributed by atoms with E-state index in [9.17, 15) is 4.79 Å². The number of nitrogens with zero attached hydrogens (tertiary/aromatic N) is 1. The number of nitrogens with two attached hydrogens (primary N) is 1. The van der Waals surface area contributed by atoms with Crippen LogP contribution in [0.1, 0.15) is 48.7 Å². The lowest BCUT2D eigenvalue weighted by Crippen LogP contribution is -2.09. The van der Waals surface area contributed by atoms with Crippen molar-refractivity contribution in [1.82, 2.24) is 0 Å². The molecule has 3 atom stereocenters. The van der Waals surface area contributed by atoms with Gasteiger partial charge in [0.15, 0.2) is 0 Å². The highest BCUT2D eigenvalue weighted by atomic mass is 32.0. The molecule has 5 aromatic carbocycles. The Morgan fingerprint density at radius 3 is 1.60 bits per heavy atom. The van der Waals surface area contributed by atoms with Gasteiger partial charge in [-0.15, -0.1) is 0 Å². The summed E-state index contributed by atoms with van der Waals surface area (Å²) in [4.78, 5) is 12.7. The highest BCUT2D eigenvalue weighted by Crippen LogP contribution is 2.28. The Kier molecular flexibility index (Phi) is 14.6. The van der Waals surface area contributed by atoms with Crippen LogP contribution in [-0.4, -0.2) is 18.9 Å². The maximum Gasteiger partial charge on any atom is 0.343 e. The Hall–Kier alpha value is -4.52. The van der Waals surface area contributed by atoms with E-state index in [2.05, 4.69) is 51.1 Å². The van der Waals surface area contributed by atoms with Gasteiger partial charge in [-0.25, -0.2) is 4.79 Å². The number of rotatable bonds is 13. The molecule has 0 heterocycles. The fourth-order valence-corrected chi connectivity index (χ4v) is 5.51. The quantitative estimate of drug-likeness (QED) is 0.0577. The number of benzene rings is 5. The second-order valence-corrected chi connectivity index (χ2v) is 14.4. The molecule has 48 heavy (non-hydrogen) atoms. The predicted octanol–water partition coefficient (Wildman–Crippen LogP) is 10.3. The van der Waals surface area contributed by atoms with Gasteiger partial charge in [0.05, 0.1) is 17.2 Å². The fraction of sp³-hybridized carbons (Fsp3) is 0.200. The van der Waals surface area contributed by atoms with E-state index in [1.807, 2.05) is 60.7 Å². The Morgan fingerprint density at radius 1 is 0.708 bits per heavy atom. The molecule has 5 rings (SSSR count). The molecule has 5 aromatic rings. The minimum Gasteiger partial charge on any atom is -0.458 e. The van der Waals surface area contributed by atoms with Crippen molar-refractivity contribution in [3.8, 4) is 45.6 Å². The second-order valence-electron chi connectivity index (χ2n) is 11.1. The van der Waals surface area contributed by atoms with E-state index in [1.165, 1.54) is 18.1 Å². The van der Waals surface area contributed by atoms with E-state index < -0.39 is 5.97 Å². The van der Waals surface area contributed by atoms with Gasteiger partial charge in [0.1, 0.15) is 17.2 Å². The van der Waals surface area contributed by atoms with E-state index in [0.717, 1.165) is 36.9 Å². The summed E-state index contributed by atoms with van der Waals surface area (Å²) in [5, 5.41) is 8.96. The molecule has 0 spiro atoms. The molecule has 0 aliphatic carbocycles. The first kappa shape index (κ1) is 36.3. The van der Waals surface area contributed by atoms with Crippen molar-refractivity contribution in [3.05, 3.63) is 138 Å². The summed E-state index contributed by atoms with van der Waals surface area (Å²) in [5.41, 5.74) is 11.8. The molecule has 8 heteroatoms. The molecule has 0 aliphatic rings. The van der Waals surface area contributed by atoms with Gasteiger partial charge in [-0.3, -0.25) is 0 Å². The third-order valence-corrected chi connectivity index (χ3v) is 9.89.